The monoisotopic (exact) mass is 357 g/mol. The Labute approximate surface area is 118 Å². The summed E-state index contributed by atoms with van der Waals surface area (Å²) in [5.41, 5.74) is 1.44. The van der Waals surface area contributed by atoms with Gasteiger partial charge in [0, 0.05) is 9.26 Å². The maximum Gasteiger partial charge on any atom is 0.341 e. The lowest BCUT2D eigenvalue weighted by Crippen LogP contribution is -2.00. The molecule has 5 heteroatoms. The van der Waals surface area contributed by atoms with Crippen molar-refractivity contribution in [2.45, 2.75) is 6.54 Å². The van der Waals surface area contributed by atoms with E-state index in [0.29, 0.717) is 17.9 Å². The minimum atomic E-state index is -0.390. The first-order valence-corrected chi connectivity index (χ1v) is 6.42. The quantitative estimate of drug-likeness (QED) is 0.674. The minimum Gasteiger partial charge on any atom is -0.467 e. The van der Waals surface area contributed by atoms with Crippen LogP contribution in [0.3, 0.4) is 0 Å². The summed E-state index contributed by atoms with van der Waals surface area (Å²) in [5.74, 6) is 0.300. The molecule has 94 valence electrons. The Morgan fingerprint density at radius 3 is 3.00 bits per heavy atom. The van der Waals surface area contributed by atoms with Crippen molar-refractivity contribution in [2.24, 2.45) is 0 Å². The van der Waals surface area contributed by atoms with Crippen molar-refractivity contribution in [1.29, 1.82) is 0 Å². The zero-order valence-electron chi connectivity index (χ0n) is 9.77. The van der Waals surface area contributed by atoms with E-state index in [1.165, 1.54) is 13.4 Å². The highest BCUT2D eigenvalue weighted by Crippen LogP contribution is 2.15. The average molecular weight is 357 g/mol. The van der Waals surface area contributed by atoms with Crippen LogP contribution >= 0.6 is 22.6 Å². The van der Waals surface area contributed by atoms with Crippen LogP contribution in [-0.4, -0.2) is 13.1 Å². The van der Waals surface area contributed by atoms with Crippen molar-refractivity contribution in [1.82, 2.24) is 0 Å². The Morgan fingerprint density at radius 2 is 2.28 bits per heavy atom. The number of anilines is 1. The van der Waals surface area contributed by atoms with Crippen LogP contribution in [0.2, 0.25) is 0 Å². The number of carbonyl (C=O) groups is 1. The van der Waals surface area contributed by atoms with Crippen LogP contribution in [0.5, 0.6) is 0 Å². The van der Waals surface area contributed by atoms with E-state index in [9.17, 15) is 4.79 Å². The van der Waals surface area contributed by atoms with E-state index >= 15 is 0 Å². The van der Waals surface area contributed by atoms with Gasteiger partial charge in [0.2, 0.25) is 0 Å². The molecule has 0 spiro atoms. The van der Waals surface area contributed by atoms with Gasteiger partial charge in [0.25, 0.3) is 0 Å². The molecular weight excluding hydrogens is 345 g/mol. The number of halogens is 1. The normalized spacial score (nSPS) is 10.1. The van der Waals surface area contributed by atoms with Gasteiger partial charge >= 0.3 is 5.97 Å². The van der Waals surface area contributed by atoms with E-state index < -0.39 is 0 Å². The first-order valence-electron chi connectivity index (χ1n) is 5.34. The molecule has 2 rings (SSSR count). The van der Waals surface area contributed by atoms with Crippen LogP contribution in [0.4, 0.5) is 5.69 Å². The molecule has 2 aromatic rings. The third-order valence-electron chi connectivity index (χ3n) is 2.37. The average Bonchev–Trinajstić information content (AvgIpc) is 2.84. The number of benzene rings is 1. The van der Waals surface area contributed by atoms with Gasteiger partial charge in [-0.2, -0.15) is 0 Å². The molecule has 0 fully saturated rings. The van der Waals surface area contributed by atoms with E-state index in [0.717, 1.165) is 9.26 Å². The SMILES string of the molecule is COC(=O)c1coc(CNc2cccc(I)c2)c1. The summed E-state index contributed by atoms with van der Waals surface area (Å²) in [4.78, 5) is 11.2. The number of esters is 1. The van der Waals surface area contributed by atoms with E-state index in [1.807, 2.05) is 24.3 Å². The highest BCUT2D eigenvalue weighted by molar-refractivity contribution is 14.1. The van der Waals surface area contributed by atoms with Gasteiger partial charge in [-0.25, -0.2) is 4.79 Å². The number of hydrogen-bond donors (Lipinski definition) is 1. The summed E-state index contributed by atoms with van der Waals surface area (Å²) >= 11 is 2.25. The van der Waals surface area contributed by atoms with Crippen molar-refractivity contribution < 1.29 is 13.9 Å². The van der Waals surface area contributed by atoms with Crippen LogP contribution in [0, 0.1) is 3.57 Å². The van der Waals surface area contributed by atoms with Gasteiger partial charge in [-0.1, -0.05) is 6.07 Å². The Bertz CT molecular complexity index is 551. The predicted molar refractivity (Wildman–Crippen MR) is 76.5 cm³/mol. The number of hydrogen-bond acceptors (Lipinski definition) is 4. The number of furan rings is 1. The summed E-state index contributed by atoms with van der Waals surface area (Å²) in [7, 11) is 1.35. The lowest BCUT2D eigenvalue weighted by Gasteiger charge is -2.04. The van der Waals surface area contributed by atoms with Crippen LogP contribution in [0.25, 0.3) is 0 Å². The van der Waals surface area contributed by atoms with Crippen molar-refractivity contribution in [2.75, 3.05) is 12.4 Å². The Kier molecular flexibility index (Phi) is 4.24. The number of carbonyl (C=O) groups excluding carboxylic acids is 1. The fourth-order valence-corrected chi connectivity index (χ4v) is 2.03. The molecule has 0 aliphatic carbocycles. The zero-order valence-corrected chi connectivity index (χ0v) is 11.9. The highest BCUT2D eigenvalue weighted by Gasteiger charge is 2.09. The summed E-state index contributed by atoms with van der Waals surface area (Å²) in [5, 5.41) is 3.22. The van der Waals surface area contributed by atoms with Crippen LogP contribution in [0.15, 0.2) is 41.0 Å². The second-order valence-corrected chi connectivity index (χ2v) is 4.90. The summed E-state index contributed by atoms with van der Waals surface area (Å²) in [6.45, 7) is 0.525. The summed E-state index contributed by atoms with van der Waals surface area (Å²) in [6, 6.07) is 9.68. The molecule has 0 saturated heterocycles. The molecule has 0 aliphatic heterocycles. The van der Waals surface area contributed by atoms with Gasteiger partial charge in [0.1, 0.15) is 12.0 Å². The smallest absolute Gasteiger partial charge is 0.341 e. The summed E-state index contributed by atoms with van der Waals surface area (Å²) < 4.78 is 11.0. The standard InChI is InChI=1S/C13H12INO3/c1-17-13(16)9-5-12(18-8-9)7-15-11-4-2-3-10(14)6-11/h2-6,8,15H,7H2,1H3. The Morgan fingerprint density at radius 1 is 1.44 bits per heavy atom. The molecule has 0 bridgehead atoms. The number of rotatable bonds is 4. The maximum atomic E-state index is 11.2. The van der Waals surface area contributed by atoms with E-state index in [-0.39, 0.29) is 5.97 Å². The molecule has 1 aromatic heterocycles. The number of nitrogens with one attached hydrogen (secondary N) is 1. The molecule has 0 saturated carbocycles. The maximum absolute atomic E-state index is 11.2. The second-order valence-electron chi connectivity index (χ2n) is 3.66. The summed E-state index contributed by atoms with van der Waals surface area (Å²) in [6.07, 6.45) is 1.40. The minimum absolute atomic E-state index is 0.390. The molecule has 0 atom stereocenters. The van der Waals surface area contributed by atoms with Gasteiger partial charge in [0.05, 0.1) is 19.2 Å². The molecule has 1 aromatic carbocycles. The second kappa shape index (κ2) is 5.90. The molecule has 0 amide bonds. The molecule has 18 heavy (non-hydrogen) atoms. The van der Waals surface area contributed by atoms with Gasteiger partial charge < -0.3 is 14.5 Å². The van der Waals surface area contributed by atoms with Crippen LogP contribution in [0.1, 0.15) is 16.1 Å². The molecule has 1 heterocycles. The molecule has 0 aliphatic rings. The lowest BCUT2D eigenvalue weighted by molar-refractivity contribution is 0.0600. The first kappa shape index (κ1) is 12.9. The number of methoxy groups -OCH3 is 1. The largest absolute Gasteiger partial charge is 0.467 e. The predicted octanol–water partition coefficient (Wildman–Crippen LogP) is 3.28. The van der Waals surface area contributed by atoms with Gasteiger partial charge in [0.15, 0.2) is 0 Å². The molecule has 0 unspecified atom stereocenters. The molecular formula is C13H12INO3. The van der Waals surface area contributed by atoms with E-state index in [1.54, 1.807) is 6.07 Å². The Hall–Kier alpha value is -1.50. The van der Waals surface area contributed by atoms with Gasteiger partial charge in [-0.15, -0.1) is 0 Å². The fraction of sp³-hybridized carbons (Fsp3) is 0.154. The Balaban J connectivity index is 1.98. The van der Waals surface area contributed by atoms with Crippen LogP contribution in [-0.2, 0) is 11.3 Å². The van der Waals surface area contributed by atoms with Crippen molar-refractivity contribution in [3.63, 3.8) is 0 Å². The van der Waals surface area contributed by atoms with Crippen molar-refractivity contribution in [3.8, 4) is 0 Å². The van der Waals surface area contributed by atoms with E-state index in [2.05, 4.69) is 32.6 Å². The zero-order chi connectivity index (χ0) is 13.0. The molecule has 4 nitrogen and oxygen atoms in total. The highest BCUT2D eigenvalue weighted by atomic mass is 127. The number of ether oxygens (including phenoxy) is 1. The molecule has 1 N–H and O–H groups in total. The lowest BCUT2D eigenvalue weighted by atomic mass is 10.3. The van der Waals surface area contributed by atoms with Gasteiger partial charge in [-0.3, -0.25) is 0 Å². The van der Waals surface area contributed by atoms with Crippen LogP contribution < -0.4 is 5.32 Å². The van der Waals surface area contributed by atoms with E-state index in [4.69, 9.17) is 4.42 Å². The van der Waals surface area contributed by atoms with Gasteiger partial charge in [-0.05, 0) is 46.9 Å². The first-order chi connectivity index (χ1) is 8.69. The third-order valence-corrected chi connectivity index (χ3v) is 3.04. The van der Waals surface area contributed by atoms with Crippen molar-refractivity contribution >= 4 is 34.2 Å². The topological polar surface area (TPSA) is 51.5 Å². The fourth-order valence-electron chi connectivity index (χ4n) is 1.49. The third kappa shape index (κ3) is 3.25. The van der Waals surface area contributed by atoms with Crippen molar-refractivity contribution in [3.05, 3.63) is 51.5 Å². The molecule has 0 radical (unpaired) electrons.